The molecule has 2 rings (SSSR count). The van der Waals surface area contributed by atoms with Gasteiger partial charge in [-0.2, -0.15) is 0 Å². The molecule has 0 radical (unpaired) electrons. The predicted octanol–water partition coefficient (Wildman–Crippen LogP) is 3.72. The van der Waals surface area contributed by atoms with Gasteiger partial charge in [-0.1, -0.05) is 25.1 Å². The van der Waals surface area contributed by atoms with Crippen molar-refractivity contribution in [1.29, 1.82) is 0 Å². The summed E-state index contributed by atoms with van der Waals surface area (Å²) in [6.07, 6.45) is 0.817. The summed E-state index contributed by atoms with van der Waals surface area (Å²) in [4.78, 5) is 11.7. The average molecular weight is 299 g/mol. The van der Waals surface area contributed by atoms with Gasteiger partial charge in [-0.05, 0) is 42.7 Å². The molecule has 0 fully saturated rings. The van der Waals surface area contributed by atoms with Crippen molar-refractivity contribution in [1.82, 2.24) is 0 Å². The Kier molecular flexibility index (Phi) is 5.42. The number of nitrogen functional groups attached to an aromatic ring is 1. The lowest BCUT2D eigenvalue weighted by Crippen LogP contribution is -2.06. The van der Waals surface area contributed by atoms with Crippen LogP contribution in [0, 0.1) is 6.92 Å². The van der Waals surface area contributed by atoms with Crippen LogP contribution in [0.25, 0.3) is 0 Å². The summed E-state index contributed by atoms with van der Waals surface area (Å²) >= 11 is 0. The Morgan fingerprint density at radius 1 is 1.14 bits per heavy atom. The molecule has 0 aliphatic rings. The number of benzene rings is 2. The van der Waals surface area contributed by atoms with Crippen molar-refractivity contribution in [3.8, 4) is 5.75 Å². The number of ether oxygens (including phenoxy) is 2. The minimum Gasteiger partial charge on any atom is -0.489 e. The Morgan fingerprint density at radius 3 is 2.50 bits per heavy atom. The van der Waals surface area contributed by atoms with Gasteiger partial charge in [0.05, 0.1) is 12.2 Å². The van der Waals surface area contributed by atoms with Crippen molar-refractivity contribution in [2.75, 3.05) is 12.3 Å². The molecule has 2 N–H and O–H groups in total. The van der Waals surface area contributed by atoms with Gasteiger partial charge in [0, 0.05) is 11.8 Å². The Morgan fingerprint density at radius 2 is 1.86 bits per heavy atom. The third kappa shape index (κ3) is 4.25. The average Bonchev–Trinajstić information content (AvgIpc) is 2.54. The standard InChI is InChI=1S/C18H21NO3/c1-3-10-21-18(20)15-7-5-14(6-8-15)12-22-16-9-4-13(2)17(19)11-16/h4-9,11H,3,10,12,19H2,1-2H3. The van der Waals surface area contributed by atoms with Crippen LogP contribution in [0.1, 0.15) is 34.8 Å². The zero-order valence-electron chi connectivity index (χ0n) is 13.0. The zero-order chi connectivity index (χ0) is 15.9. The summed E-state index contributed by atoms with van der Waals surface area (Å²) in [6, 6.07) is 12.9. The second-order valence-corrected chi connectivity index (χ2v) is 5.14. The highest BCUT2D eigenvalue weighted by atomic mass is 16.5. The van der Waals surface area contributed by atoms with Crippen molar-refractivity contribution < 1.29 is 14.3 Å². The first-order valence-corrected chi connectivity index (χ1v) is 7.35. The molecular weight excluding hydrogens is 278 g/mol. The quantitative estimate of drug-likeness (QED) is 0.652. The van der Waals surface area contributed by atoms with Crippen molar-refractivity contribution in [3.05, 3.63) is 59.2 Å². The minimum atomic E-state index is -0.291. The van der Waals surface area contributed by atoms with E-state index in [2.05, 4.69) is 0 Å². The lowest BCUT2D eigenvalue weighted by molar-refractivity contribution is 0.0505. The van der Waals surface area contributed by atoms with Gasteiger partial charge >= 0.3 is 5.97 Å². The molecule has 0 aromatic heterocycles. The summed E-state index contributed by atoms with van der Waals surface area (Å²) < 4.78 is 10.8. The van der Waals surface area contributed by atoms with Gasteiger partial charge in [-0.25, -0.2) is 4.79 Å². The summed E-state index contributed by atoms with van der Waals surface area (Å²) in [6.45, 7) is 4.78. The van der Waals surface area contributed by atoms with E-state index in [1.807, 2.05) is 44.2 Å². The topological polar surface area (TPSA) is 61.5 Å². The highest BCUT2D eigenvalue weighted by Gasteiger charge is 2.06. The summed E-state index contributed by atoms with van der Waals surface area (Å²) in [7, 11) is 0. The number of hydrogen-bond donors (Lipinski definition) is 1. The first-order chi connectivity index (χ1) is 10.6. The van der Waals surface area contributed by atoms with Crippen LogP contribution in [0.2, 0.25) is 0 Å². The van der Waals surface area contributed by atoms with E-state index in [1.54, 1.807) is 12.1 Å². The first-order valence-electron chi connectivity index (χ1n) is 7.35. The van der Waals surface area contributed by atoms with Crippen molar-refractivity contribution in [3.63, 3.8) is 0 Å². The van der Waals surface area contributed by atoms with Crippen LogP contribution in [0.15, 0.2) is 42.5 Å². The van der Waals surface area contributed by atoms with Gasteiger partial charge in [0.25, 0.3) is 0 Å². The summed E-state index contributed by atoms with van der Waals surface area (Å²) in [5, 5.41) is 0. The fourth-order valence-electron chi connectivity index (χ4n) is 1.89. The maximum atomic E-state index is 11.7. The Balaban J connectivity index is 1.93. The van der Waals surface area contributed by atoms with Crippen LogP contribution in [0.5, 0.6) is 5.75 Å². The Hall–Kier alpha value is -2.49. The Bertz CT molecular complexity index is 635. The number of carbonyl (C=O) groups is 1. The molecule has 22 heavy (non-hydrogen) atoms. The van der Waals surface area contributed by atoms with Gasteiger partial charge < -0.3 is 15.2 Å². The maximum absolute atomic E-state index is 11.7. The van der Waals surface area contributed by atoms with Crippen LogP contribution >= 0.6 is 0 Å². The highest BCUT2D eigenvalue weighted by molar-refractivity contribution is 5.89. The predicted molar refractivity (Wildman–Crippen MR) is 86.9 cm³/mol. The molecule has 0 unspecified atom stereocenters. The molecule has 0 aliphatic heterocycles. The van der Waals surface area contributed by atoms with Crippen LogP contribution in [-0.4, -0.2) is 12.6 Å². The van der Waals surface area contributed by atoms with Crippen molar-refractivity contribution >= 4 is 11.7 Å². The number of esters is 1. The lowest BCUT2D eigenvalue weighted by Gasteiger charge is -2.09. The first kappa shape index (κ1) is 15.9. The number of hydrogen-bond acceptors (Lipinski definition) is 4. The number of anilines is 1. The minimum absolute atomic E-state index is 0.291. The van der Waals surface area contributed by atoms with Gasteiger partial charge in [-0.15, -0.1) is 0 Å². The van der Waals surface area contributed by atoms with Crippen LogP contribution in [0.4, 0.5) is 5.69 Å². The number of aryl methyl sites for hydroxylation is 1. The molecule has 0 saturated carbocycles. The van der Waals surface area contributed by atoms with E-state index < -0.39 is 0 Å². The normalized spacial score (nSPS) is 10.3. The largest absolute Gasteiger partial charge is 0.489 e. The maximum Gasteiger partial charge on any atom is 0.338 e. The SMILES string of the molecule is CCCOC(=O)c1ccc(COc2ccc(C)c(N)c2)cc1. The van der Waals surface area contributed by atoms with Crippen molar-refractivity contribution in [2.24, 2.45) is 0 Å². The molecule has 4 nitrogen and oxygen atoms in total. The molecule has 4 heteroatoms. The number of nitrogens with two attached hydrogens (primary N) is 1. The van der Waals surface area contributed by atoms with E-state index in [1.165, 1.54) is 0 Å². The summed E-state index contributed by atoms with van der Waals surface area (Å²) in [5.41, 5.74) is 9.13. The molecule has 0 aliphatic carbocycles. The number of rotatable bonds is 6. The summed E-state index contributed by atoms with van der Waals surface area (Å²) in [5.74, 6) is 0.440. The second kappa shape index (κ2) is 7.50. The Labute approximate surface area is 130 Å². The van der Waals surface area contributed by atoms with E-state index in [9.17, 15) is 4.79 Å². The molecule has 0 bridgehead atoms. The lowest BCUT2D eigenvalue weighted by atomic mass is 10.1. The molecule has 0 atom stereocenters. The molecular formula is C18H21NO3. The van der Waals surface area contributed by atoms with Crippen molar-refractivity contribution in [2.45, 2.75) is 26.9 Å². The monoisotopic (exact) mass is 299 g/mol. The smallest absolute Gasteiger partial charge is 0.338 e. The fraction of sp³-hybridized carbons (Fsp3) is 0.278. The fourth-order valence-corrected chi connectivity index (χ4v) is 1.89. The highest BCUT2D eigenvalue weighted by Crippen LogP contribution is 2.20. The van der Waals surface area contributed by atoms with Crippen LogP contribution in [0.3, 0.4) is 0 Å². The van der Waals surface area contributed by atoms with Gasteiger partial charge in [-0.3, -0.25) is 0 Å². The van der Waals surface area contributed by atoms with E-state index in [-0.39, 0.29) is 5.97 Å². The molecule has 116 valence electrons. The van der Waals surface area contributed by atoms with E-state index >= 15 is 0 Å². The third-order valence-corrected chi connectivity index (χ3v) is 3.28. The number of carbonyl (C=O) groups excluding carboxylic acids is 1. The van der Waals surface area contributed by atoms with Gasteiger partial charge in [0.15, 0.2) is 0 Å². The van der Waals surface area contributed by atoms with Gasteiger partial charge in [0.1, 0.15) is 12.4 Å². The second-order valence-electron chi connectivity index (χ2n) is 5.14. The van der Waals surface area contributed by atoms with Crippen LogP contribution in [-0.2, 0) is 11.3 Å². The van der Waals surface area contributed by atoms with Crippen LogP contribution < -0.4 is 10.5 Å². The van der Waals surface area contributed by atoms with E-state index in [0.29, 0.717) is 24.5 Å². The third-order valence-electron chi connectivity index (χ3n) is 3.28. The molecule has 0 heterocycles. The molecule has 0 spiro atoms. The molecule has 0 saturated heterocycles. The molecule has 0 amide bonds. The van der Waals surface area contributed by atoms with E-state index in [0.717, 1.165) is 23.3 Å². The molecule has 2 aromatic carbocycles. The zero-order valence-corrected chi connectivity index (χ0v) is 13.0. The van der Waals surface area contributed by atoms with Gasteiger partial charge in [0.2, 0.25) is 0 Å². The molecule has 2 aromatic rings. The van der Waals surface area contributed by atoms with E-state index in [4.69, 9.17) is 15.2 Å².